The number of hydrogen-bond acceptors (Lipinski definition) is 2. The fraction of sp³-hybridized carbons (Fsp3) is 0.333. The van der Waals surface area contributed by atoms with Gasteiger partial charge in [-0.25, -0.2) is 0 Å². The van der Waals surface area contributed by atoms with Crippen LogP contribution in [0.2, 0.25) is 5.02 Å². The largest absolute Gasteiger partial charge is 0.481 e. The topological polar surface area (TPSA) is 66.4 Å². The summed E-state index contributed by atoms with van der Waals surface area (Å²) in [6, 6.07) is 7.19. The maximum atomic E-state index is 11.7. The standard InChI is InChI=1S/C15H16ClNO3/c16-12-5-2-1-4-11(12)6-7-13(18)17-10-15(14(19)20)8-3-9-15/h1-2,4-7H,3,8-10H2,(H,17,18)(H,19,20)/b7-6+. The number of benzene rings is 1. The number of nitrogens with one attached hydrogen (secondary N) is 1. The molecule has 0 aliphatic heterocycles. The van der Waals surface area contributed by atoms with E-state index >= 15 is 0 Å². The molecule has 4 nitrogen and oxygen atoms in total. The third-order valence-corrected chi connectivity index (χ3v) is 4.03. The van der Waals surface area contributed by atoms with Crippen LogP contribution in [0.3, 0.4) is 0 Å². The van der Waals surface area contributed by atoms with E-state index in [0.29, 0.717) is 17.9 Å². The van der Waals surface area contributed by atoms with Crippen LogP contribution in [0.4, 0.5) is 0 Å². The summed E-state index contributed by atoms with van der Waals surface area (Å²) in [5.74, 6) is -1.14. The van der Waals surface area contributed by atoms with Gasteiger partial charge in [-0.2, -0.15) is 0 Å². The molecule has 0 saturated heterocycles. The zero-order chi connectivity index (χ0) is 14.6. The molecule has 0 aromatic heterocycles. The lowest BCUT2D eigenvalue weighted by atomic mass is 9.69. The fourth-order valence-corrected chi connectivity index (χ4v) is 2.36. The summed E-state index contributed by atoms with van der Waals surface area (Å²) < 4.78 is 0. The van der Waals surface area contributed by atoms with Crippen molar-refractivity contribution in [2.75, 3.05) is 6.54 Å². The summed E-state index contributed by atoms with van der Waals surface area (Å²) >= 11 is 5.97. The number of rotatable bonds is 5. The predicted molar refractivity (Wildman–Crippen MR) is 77.4 cm³/mol. The Kier molecular flexibility index (Phi) is 4.45. The summed E-state index contributed by atoms with van der Waals surface area (Å²) in [4.78, 5) is 22.9. The van der Waals surface area contributed by atoms with Crippen LogP contribution in [0.25, 0.3) is 6.08 Å². The maximum Gasteiger partial charge on any atom is 0.311 e. The van der Waals surface area contributed by atoms with Gasteiger partial charge in [0.05, 0.1) is 5.41 Å². The predicted octanol–water partition coefficient (Wildman–Crippen LogP) is 2.72. The van der Waals surface area contributed by atoms with Gasteiger partial charge in [0.25, 0.3) is 0 Å². The van der Waals surface area contributed by atoms with E-state index in [4.69, 9.17) is 16.7 Å². The van der Waals surface area contributed by atoms with Gasteiger partial charge in [-0.15, -0.1) is 0 Å². The average molecular weight is 294 g/mol. The summed E-state index contributed by atoms with van der Waals surface area (Å²) in [7, 11) is 0. The average Bonchev–Trinajstić information content (AvgIpc) is 2.36. The Morgan fingerprint density at radius 3 is 2.60 bits per heavy atom. The van der Waals surface area contributed by atoms with Gasteiger partial charge in [0.15, 0.2) is 0 Å². The number of halogens is 1. The monoisotopic (exact) mass is 293 g/mol. The molecule has 0 radical (unpaired) electrons. The highest BCUT2D eigenvalue weighted by atomic mass is 35.5. The Labute approximate surface area is 122 Å². The van der Waals surface area contributed by atoms with E-state index in [0.717, 1.165) is 12.0 Å². The van der Waals surface area contributed by atoms with Crippen molar-refractivity contribution in [3.8, 4) is 0 Å². The minimum Gasteiger partial charge on any atom is -0.481 e. The zero-order valence-electron chi connectivity index (χ0n) is 10.9. The van der Waals surface area contributed by atoms with Crippen LogP contribution >= 0.6 is 11.6 Å². The molecular formula is C15H16ClNO3. The van der Waals surface area contributed by atoms with Gasteiger partial charge in [-0.05, 0) is 30.5 Å². The number of amides is 1. The Morgan fingerprint density at radius 1 is 1.35 bits per heavy atom. The summed E-state index contributed by atoms with van der Waals surface area (Å²) in [5.41, 5.74) is -0.0191. The highest BCUT2D eigenvalue weighted by Gasteiger charge is 2.44. The van der Waals surface area contributed by atoms with Gasteiger partial charge >= 0.3 is 5.97 Å². The molecule has 1 aromatic rings. The number of aliphatic carboxylic acids is 1. The summed E-state index contributed by atoms with van der Waals surface area (Å²) in [5, 5.41) is 12.4. The highest BCUT2D eigenvalue weighted by Crippen LogP contribution is 2.40. The minimum absolute atomic E-state index is 0.175. The van der Waals surface area contributed by atoms with Gasteiger partial charge in [0, 0.05) is 17.6 Å². The second kappa shape index (κ2) is 6.09. The number of carbonyl (C=O) groups is 2. The Bertz CT molecular complexity index is 550. The minimum atomic E-state index is -0.834. The van der Waals surface area contributed by atoms with E-state index < -0.39 is 11.4 Å². The van der Waals surface area contributed by atoms with Crippen molar-refractivity contribution < 1.29 is 14.7 Å². The molecule has 0 heterocycles. The van der Waals surface area contributed by atoms with Crippen LogP contribution < -0.4 is 5.32 Å². The second-order valence-electron chi connectivity index (χ2n) is 5.01. The molecule has 1 amide bonds. The van der Waals surface area contributed by atoms with Crippen molar-refractivity contribution in [2.24, 2.45) is 5.41 Å². The molecule has 1 aliphatic rings. The van der Waals surface area contributed by atoms with Crippen LogP contribution in [0.15, 0.2) is 30.3 Å². The molecule has 20 heavy (non-hydrogen) atoms. The molecule has 1 aliphatic carbocycles. The van der Waals surface area contributed by atoms with Crippen LogP contribution in [-0.4, -0.2) is 23.5 Å². The molecule has 2 rings (SSSR count). The quantitative estimate of drug-likeness (QED) is 0.820. The van der Waals surface area contributed by atoms with Gasteiger partial charge < -0.3 is 10.4 Å². The third kappa shape index (κ3) is 3.20. The van der Waals surface area contributed by atoms with Crippen molar-refractivity contribution >= 4 is 29.6 Å². The van der Waals surface area contributed by atoms with Crippen molar-refractivity contribution in [1.29, 1.82) is 0 Å². The van der Waals surface area contributed by atoms with Crippen LogP contribution in [0.5, 0.6) is 0 Å². The summed E-state index contributed by atoms with van der Waals surface area (Å²) in [6.07, 6.45) is 5.13. The number of carboxylic acid groups (broad SMARTS) is 1. The number of carbonyl (C=O) groups excluding carboxylic acids is 1. The SMILES string of the molecule is O=C(/C=C/c1ccccc1Cl)NCC1(C(=O)O)CCC1. The first-order chi connectivity index (χ1) is 9.53. The molecule has 0 atom stereocenters. The number of hydrogen-bond donors (Lipinski definition) is 2. The normalized spacial score (nSPS) is 16.6. The first-order valence-electron chi connectivity index (χ1n) is 6.47. The molecule has 1 saturated carbocycles. The first-order valence-corrected chi connectivity index (χ1v) is 6.85. The van der Waals surface area contributed by atoms with Crippen molar-refractivity contribution in [3.05, 3.63) is 40.9 Å². The lowest BCUT2D eigenvalue weighted by molar-refractivity contribution is -0.154. The van der Waals surface area contributed by atoms with Gasteiger partial charge in [0.2, 0.25) is 5.91 Å². The fourth-order valence-electron chi connectivity index (χ4n) is 2.16. The van der Waals surface area contributed by atoms with E-state index in [1.165, 1.54) is 6.08 Å². The summed E-state index contributed by atoms with van der Waals surface area (Å²) in [6.45, 7) is 0.175. The molecular weight excluding hydrogens is 278 g/mol. The molecule has 1 aromatic carbocycles. The zero-order valence-corrected chi connectivity index (χ0v) is 11.7. The van der Waals surface area contributed by atoms with Crippen LogP contribution in [0.1, 0.15) is 24.8 Å². The first kappa shape index (κ1) is 14.6. The van der Waals surface area contributed by atoms with Crippen molar-refractivity contribution in [2.45, 2.75) is 19.3 Å². The smallest absolute Gasteiger partial charge is 0.311 e. The molecule has 0 spiro atoms. The number of carboxylic acids is 1. The molecule has 0 bridgehead atoms. The van der Waals surface area contributed by atoms with E-state index in [-0.39, 0.29) is 12.5 Å². The van der Waals surface area contributed by atoms with Gasteiger partial charge in [-0.1, -0.05) is 36.2 Å². The van der Waals surface area contributed by atoms with Crippen molar-refractivity contribution in [3.63, 3.8) is 0 Å². The molecule has 2 N–H and O–H groups in total. The Hall–Kier alpha value is -1.81. The molecule has 5 heteroatoms. The van der Waals surface area contributed by atoms with E-state index in [1.54, 1.807) is 18.2 Å². The van der Waals surface area contributed by atoms with Gasteiger partial charge in [0.1, 0.15) is 0 Å². The third-order valence-electron chi connectivity index (χ3n) is 3.68. The molecule has 0 unspecified atom stereocenters. The van der Waals surface area contributed by atoms with Gasteiger partial charge in [-0.3, -0.25) is 9.59 Å². The van der Waals surface area contributed by atoms with Crippen molar-refractivity contribution in [1.82, 2.24) is 5.32 Å². The highest BCUT2D eigenvalue weighted by molar-refractivity contribution is 6.32. The van der Waals surface area contributed by atoms with Crippen LogP contribution in [0, 0.1) is 5.41 Å². The lowest BCUT2D eigenvalue weighted by Gasteiger charge is -2.37. The lowest BCUT2D eigenvalue weighted by Crippen LogP contribution is -2.47. The van der Waals surface area contributed by atoms with E-state index in [9.17, 15) is 9.59 Å². The molecule has 106 valence electrons. The van der Waals surface area contributed by atoms with E-state index in [1.807, 2.05) is 12.1 Å². The van der Waals surface area contributed by atoms with E-state index in [2.05, 4.69) is 5.32 Å². The van der Waals surface area contributed by atoms with Crippen LogP contribution in [-0.2, 0) is 9.59 Å². The Balaban J connectivity index is 1.90. The molecule has 1 fully saturated rings. The maximum absolute atomic E-state index is 11.7. The Morgan fingerprint density at radius 2 is 2.05 bits per heavy atom. The second-order valence-corrected chi connectivity index (χ2v) is 5.42.